The second-order valence-corrected chi connectivity index (χ2v) is 6.31. The van der Waals surface area contributed by atoms with E-state index in [9.17, 15) is 9.90 Å². The van der Waals surface area contributed by atoms with Crippen LogP contribution in [0.3, 0.4) is 0 Å². The van der Waals surface area contributed by atoms with Gasteiger partial charge in [-0.15, -0.1) is 0 Å². The summed E-state index contributed by atoms with van der Waals surface area (Å²) in [5, 5.41) is 22.6. The van der Waals surface area contributed by atoms with Crippen molar-refractivity contribution in [1.29, 1.82) is 5.26 Å². The second-order valence-electron chi connectivity index (χ2n) is 6.31. The summed E-state index contributed by atoms with van der Waals surface area (Å²) in [4.78, 5) is 11.5. The number of ether oxygens (including phenoxy) is 1. The Hall–Kier alpha value is -2.06. The lowest BCUT2D eigenvalue weighted by Crippen LogP contribution is -2.50. The summed E-state index contributed by atoms with van der Waals surface area (Å²) >= 11 is 0. The molecule has 5 heteroatoms. The number of hydrogen-bond donors (Lipinski definition) is 2. The Kier molecular flexibility index (Phi) is 3.14. The molecule has 5 nitrogen and oxygen atoms in total. The molecule has 1 unspecified atom stereocenters. The SMILES string of the molecule is CC1(C)Oc2ccc(C#N)cc2[C@@H](C2CNC(=O)C2)[C@@H]1O. The van der Waals surface area contributed by atoms with Gasteiger partial charge in [0.2, 0.25) is 5.91 Å². The van der Waals surface area contributed by atoms with E-state index in [1.165, 1.54) is 0 Å². The maximum atomic E-state index is 11.5. The topological polar surface area (TPSA) is 82.3 Å². The van der Waals surface area contributed by atoms with Crippen molar-refractivity contribution in [3.63, 3.8) is 0 Å². The van der Waals surface area contributed by atoms with Crippen LogP contribution in [-0.2, 0) is 4.79 Å². The average molecular weight is 286 g/mol. The van der Waals surface area contributed by atoms with Crippen LogP contribution >= 0.6 is 0 Å². The number of nitrogens with zero attached hydrogens (tertiary/aromatic N) is 1. The molecule has 2 N–H and O–H groups in total. The minimum Gasteiger partial charge on any atom is -0.485 e. The first-order chi connectivity index (χ1) is 9.92. The van der Waals surface area contributed by atoms with Gasteiger partial charge < -0.3 is 15.2 Å². The van der Waals surface area contributed by atoms with E-state index in [1.807, 2.05) is 13.8 Å². The van der Waals surface area contributed by atoms with E-state index in [0.717, 1.165) is 5.56 Å². The van der Waals surface area contributed by atoms with E-state index in [1.54, 1.807) is 18.2 Å². The van der Waals surface area contributed by atoms with Gasteiger partial charge in [0.25, 0.3) is 0 Å². The van der Waals surface area contributed by atoms with E-state index < -0.39 is 11.7 Å². The molecule has 1 amide bonds. The van der Waals surface area contributed by atoms with Crippen LogP contribution in [0.2, 0.25) is 0 Å². The third kappa shape index (κ3) is 2.26. The minimum absolute atomic E-state index is 0.00878. The molecule has 1 fully saturated rings. The Morgan fingerprint density at radius 3 is 2.86 bits per heavy atom. The van der Waals surface area contributed by atoms with E-state index in [0.29, 0.717) is 24.3 Å². The number of hydrogen-bond acceptors (Lipinski definition) is 4. The van der Waals surface area contributed by atoms with Crippen molar-refractivity contribution < 1.29 is 14.6 Å². The number of rotatable bonds is 1. The summed E-state index contributed by atoms with van der Waals surface area (Å²) in [6, 6.07) is 7.36. The lowest BCUT2D eigenvalue weighted by molar-refractivity contribution is -0.119. The zero-order chi connectivity index (χ0) is 15.2. The molecule has 2 aliphatic heterocycles. The number of amides is 1. The predicted molar refractivity (Wildman–Crippen MR) is 75.7 cm³/mol. The molecule has 3 atom stereocenters. The second kappa shape index (κ2) is 4.74. The molecule has 1 aromatic carbocycles. The summed E-state index contributed by atoms with van der Waals surface area (Å²) in [7, 11) is 0. The summed E-state index contributed by atoms with van der Waals surface area (Å²) in [5.74, 6) is 0.502. The minimum atomic E-state index is -0.725. The first kappa shape index (κ1) is 13.9. The molecule has 21 heavy (non-hydrogen) atoms. The van der Waals surface area contributed by atoms with Gasteiger partial charge in [-0.25, -0.2) is 0 Å². The quantitative estimate of drug-likeness (QED) is 0.815. The van der Waals surface area contributed by atoms with Gasteiger partial charge in [0, 0.05) is 24.4 Å². The van der Waals surface area contributed by atoms with Gasteiger partial charge in [0.05, 0.1) is 11.6 Å². The number of benzene rings is 1. The fourth-order valence-electron chi connectivity index (χ4n) is 3.31. The number of nitriles is 1. The molecule has 0 aromatic heterocycles. The summed E-state index contributed by atoms with van der Waals surface area (Å²) in [6.45, 7) is 4.24. The van der Waals surface area contributed by atoms with Crippen LogP contribution in [-0.4, -0.2) is 29.3 Å². The van der Waals surface area contributed by atoms with Gasteiger partial charge in [0.1, 0.15) is 17.5 Å². The number of fused-ring (bicyclic) bond motifs is 1. The molecule has 1 aromatic rings. The molecule has 1 saturated heterocycles. The van der Waals surface area contributed by atoms with Crippen molar-refractivity contribution in [2.75, 3.05) is 6.54 Å². The Morgan fingerprint density at radius 1 is 1.48 bits per heavy atom. The first-order valence-corrected chi connectivity index (χ1v) is 7.10. The van der Waals surface area contributed by atoms with Crippen LogP contribution in [0, 0.1) is 17.2 Å². The van der Waals surface area contributed by atoms with Crippen LogP contribution in [0.15, 0.2) is 18.2 Å². The average Bonchev–Trinajstić information content (AvgIpc) is 2.86. The molecule has 0 radical (unpaired) electrons. The molecule has 110 valence electrons. The van der Waals surface area contributed by atoms with Crippen LogP contribution < -0.4 is 10.1 Å². The fraction of sp³-hybridized carbons (Fsp3) is 0.500. The third-order valence-corrected chi connectivity index (χ3v) is 4.44. The van der Waals surface area contributed by atoms with Gasteiger partial charge in [-0.3, -0.25) is 4.79 Å². The summed E-state index contributed by atoms with van der Waals surface area (Å²) < 4.78 is 5.88. The zero-order valence-electron chi connectivity index (χ0n) is 12.1. The van der Waals surface area contributed by atoms with Crippen LogP contribution in [0.1, 0.15) is 37.3 Å². The van der Waals surface area contributed by atoms with E-state index in [2.05, 4.69) is 11.4 Å². The van der Waals surface area contributed by atoms with Crippen molar-refractivity contribution in [3.8, 4) is 11.8 Å². The number of nitrogens with one attached hydrogen (secondary N) is 1. The number of carbonyl (C=O) groups excluding carboxylic acids is 1. The molecule has 2 aliphatic rings. The van der Waals surface area contributed by atoms with Gasteiger partial charge in [-0.2, -0.15) is 5.26 Å². The monoisotopic (exact) mass is 286 g/mol. The lowest BCUT2D eigenvalue weighted by atomic mass is 9.73. The smallest absolute Gasteiger partial charge is 0.220 e. The van der Waals surface area contributed by atoms with Crippen molar-refractivity contribution >= 4 is 5.91 Å². The van der Waals surface area contributed by atoms with Crippen molar-refractivity contribution in [1.82, 2.24) is 5.32 Å². The van der Waals surface area contributed by atoms with Crippen molar-refractivity contribution in [3.05, 3.63) is 29.3 Å². The zero-order valence-corrected chi connectivity index (χ0v) is 12.1. The molecule has 0 spiro atoms. The summed E-state index contributed by atoms with van der Waals surface area (Å²) in [6.07, 6.45) is -0.328. The Morgan fingerprint density at radius 2 is 2.24 bits per heavy atom. The van der Waals surface area contributed by atoms with Crippen molar-refractivity contribution in [2.24, 2.45) is 5.92 Å². The van der Waals surface area contributed by atoms with Crippen LogP contribution in [0.5, 0.6) is 5.75 Å². The Balaban J connectivity index is 2.08. The molecule has 0 bridgehead atoms. The molecule has 0 aliphatic carbocycles. The molecule has 3 rings (SSSR count). The van der Waals surface area contributed by atoms with E-state index in [-0.39, 0.29) is 17.7 Å². The summed E-state index contributed by atoms with van der Waals surface area (Å²) in [5.41, 5.74) is 0.631. The highest BCUT2D eigenvalue weighted by molar-refractivity contribution is 5.78. The van der Waals surface area contributed by atoms with Gasteiger partial charge in [-0.1, -0.05) is 0 Å². The standard InChI is InChI=1S/C16H18N2O3/c1-16(2)15(20)14(10-6-13(19)18-8-10)11-5-9(7-17)3-4-12(11)21-16/h3-5,10,14-15,20H,6,8H2,1-2H3,(H,18,19)/t10?,14-,15+/m1/s1. The van der Waals surface area contributed by atoms with Crippen LogP contribution in [0.25, 0.3) is 0 Å². The number of carbonyl (C=O) groups is 1. The predicted octanol–water partition coefficient (Wildman–Crippen LogP) is 1.31. The molecular weight excluding hydrogens is 268 g/mol. The number of aliphatic hydroxyl groups excluding tert-OH is 1. The largest absolute Gasteiger partial charge is 0.485 e. The third-order valence-electron chi connectivity index (χ3n) is 4.44. The van der Waals surface area contributed by atoms with Crippen molar-refractivity contribution in [2.45, 2.75) is 37.9 Å². The normalized spacial score (nSPS) is 30.0. The van der Waals surface area contributed by atoms with Gasteiger partial charge in [-0.05, 0) is 38.0 Å². The van der Waals surface area contributed by atoms with E-state index >= 15 is 0 Å². The fourth-order valence-corrected chi connectivity index (χ4v) is 3.31. The van der Waals surface area contributed by atoms with Gasteiger partial charge in [0.15, 0.2) is 0 Å². The van der Waals surface area contributed by atoms with E-state index in [4.69, 9.17) is 10.00 Å². The maximum absolute atomic E-state index is 11.5. The maximum Gasteiger partial charge on any atom is 0.220 e. The van der Waals surface area contributed by atoms with Gasteiger partial charge >= 0.3 is 0 Å². The highest BCUT2D eigenvalue weighted by atomic mass is 16.5. The molecule has 2 heterocycles. The number of aliphatic hydroxyl groups is 1. The first-order valence-electron chi connectivity index (χ1n) is 7.10. The highest BCUT2D eigenvalue weighted by Gasteiger charge is 2.47. The van der Waals surface area contributed by atoms with Crippen LogP contribution in [0.4, 0.5) is 0 Å². The molecular formula is C16H18N2O3. The Bertz CT molecular complexity index is 633. The molecule has 0 saturated carbocycles. The Labute approximate surface area is 123 Å². The lowest BCUT2D eigenvalue weighted by Gasteiger charge is -2.44. The highest BCUT2D eigenvalue weighted by Crippen LogP contribution is 2.46.